The number of hydrogen-bond donors (Lipinski definition) is 1. The Bertz CT molecular complexity index is 521. The second kappa shape index (κ2) is 9.35. The van der Waals surface area contributed by atoms with Crippen molar-refractivity contribution in [1.29, 1.82) is 0 Å². The molecule has 0 spiro atoms. The maximum Gasteiger partial charge on any atom is 0.316 e. The highest BCUT2D eigenvalue weighted by atomic mass is 16.5. The predicted octanol–water partition coefficient (Wildman–Crippen LogP) is 3.35. The fraction of sp³-hybridized carbons (Fsp3) is 0.667. The molecule has 0 aromatic heterocycles. The lowest BCUT2D eigenvalue weighted by molar-refractivity contribution is -0.906. The van der Waals surface area contributed by atoms with Crippen LogP contribution >= 0.6 is 0 Å². The van der Waals surface area contributed by atoms with Gasteiger partial charge in [0.2, 0.25) is 0 Å². The minimum Gasteiger partial charge on any atom is -0.459 e. The van der Waals surface area contributed by atoms with Crippen molar-refractivity contribution >= 4 is 5.97 Å². The molecular weight excluding hydrogens is 314 g/mol. The molecule has 0 heterocycles. The van der Waals surface area contributed by atoms with E-state index in [4.69, 9.17) is 4.74 Å². The molecule has 0 unspecified atom stereocenters. The van der Waals surface area contributed by atoms with Crippen molar-refractivity contribution in [2.24, 2.45) is 5.92 Å². The lowest BCUT2D eigenvalue weighted by Gasteiger charge is -2.32. The summed E-state index contributed by atoms with van der Waals surface area (Å²) in [6.07, 6.45) is 3.62. The van der Waals surface area contributed by atoms with E-state index in [2.05, 4.69) is 20.9 Å². The van der Waals surface area contributed by atoms with Crippen molar-refractivity contribution in [3.05, 3.63) is 35.9 Å². The number of ether oxygens (including phenoxy) is 1. The lowest BCUT2D eigenvalue weighted by atomic mass is 9.85. The Morgan fingerprint density at radius 1 is 1.20 bits per heavy atom. The average Bonchev–Trinajstić information content (AvgIpc) is 3.17. The molecule has 0 saturated heterocycles. The van der Waals surface area contributed by atoms with Crippen LogP contribution in [0.2, 0.25) is 0 Å². The SMILES string of the molecule is CC[N+](C)(CC)CCOC(=O)[C@@H](c1ccccc1)[C@@H](O)C1CCCC1. The number of aliphatic hydroxyl groups is 1. The van der Waals surface area contributed by atoms with Crippen molar-refractivity contribution in [1.82, 2.24) is 0 Å². The normalized spacial score (nSPS) is 18.1. The zero-order valence-corrected chi connectivity index (χ0v) is 16.0. The summed E-state index contributed by atoms with van der Waals surface area (Å²) in [6, 6.07) is 9.60. The van der Waals surface area contributed by atoms with E-state index in [0.29, 0.717) is 6.61 Å². The van der Waals surface area contributed by atoms with E-state index in [-0.39, 0.29) is 11.9 Å². The van der Waals surface area contributed by atoms with Gasteiger partial charge in [0.05, 0.1) is 26.2 Å². The first-order valence-electron chi connectivity index (χ1n) is 9.74. The van der Waals surface area contributed by atoms with Gasteiger partial charge in [-0.1, -0.05) is 43.2 Å². The van der Waals surface area contributed by atoms with Crippen LogP contribution in [0.1, 0.15) is 51.0 Å². The van der Waals surface area contributed by atoms with Crippen LogP contribution in [0.3, 0.4) is 0 Å². The molecule has 0 bridgehead atoms. The Morgan fingerprint density at radius 2 is 1.80 bits per heavy atom. The summed E-state index contributed by atoms with van der Waals surface area (Å²) >= 11 is 0. The molecule has 2 rings (SSSR count). The Balaban J connectivity index is 2.05. The molecule has 1 aromatic carbocycles. The molecule has 25 heavy (non-hydrogen) atoms. The van der Waals surface area contributed by atoms with E-state index in [0.717, 1.165) is 55.4 Å². The van der Waals surface area contributed by atoms with Crippen LogP contribution in [0.5, 0.6) is 0 Å². The molecule has 140 valence electrons. The molecule has 0 amide bonds. The van der Waals surface area contributed by atoms with Gasteiger partial charge in [0.15, 0.2) is 0 Å². The van der Waals surface area contributed by atoms with Crippen LogP contribution in [0.4, 0.5) is 0 Å². The van der Waals surface area contributed by atoms with Crippen LogP contribution in [-0.4, -0.2) is 55.0 Å². The van der Waals surface area contributed by atoms with Crippen LogP contribution < -0.4 is 0 Å². The standard InChI is InChI=1S/C21H34NO3/c1-4-22(3,5-2)15-16-25-21(24)19(17-11-7-6-8-12-17)20(23)18-13-9-10-14-18/h6-8,11-12,18-20,23H,4-5,9-10,13-16H2,1-3H3/q+1/t19-,20-/m0/s1. The molecular formula is C21H34NO3+. The van der Waals surface area contributed by atoms with Crippen molar-refractivity contribution in [3.63, 3.8) is 0 Å². The highest BCUT2D eigenvalue weighted by Crippen LogP contribution is 2.35. The van der Waals surface area contributed by atoms with Crippen molar-refractivity contribution in [3.8, 4) is 0 Å². The fourth-order valence-corrected chi connectivity index (χ4v) is 3.70. The molecule has 2 atom stereocenters. The van der Waals surface area contributed by atoms with Crippen LogP contribution in [-0.2, 0) is 9.53 Å². The first-order valence-corrected chi connectivity index (χ1v) is 9.74. The van der Waals surface area contributed by atoms with Crippen molar-refractivity contribution in [2.45, 2.75) is 51.6 Å². The van der Waals surface area contributed by atoms with Crippen molar-refractivity contribution in [2.75, 3.05) is 33.3 Å². The van der Waals surface area contributed by atoms with Crippen LogP contribution in [0.15, 0.2) is 30.3 Å². The number of benzene rings is 1. The average molecular weight is 349 g/mol. The molecule has 1 N–H and O–H groups in total. The molecule has 0 radical (unpaired) electrons. The lowest BCUT2D eigenvalue weighted by Crippen LogP contribution is -2.46. The first-order chi connectivity index (χ1) is 12.0. The molecule has 0 aliphatic heterocycles. The molecule has 4 heteroatoms. The summed E-state index contributed by atoms with van der Waals surface area (Å²) < 4.78 is 6.51. The molecule has 1 aliphatic carbocycles. The van der Waals surface area contributed by atoms with Crippen LogP contribution in [0.25, 0.3) is 0 Å². The van der Waals surface area contributed by atoms with Gasteiger partial charge in [0.1, 0.15) is 19.1 Å². The third-order valence-corrected chi connectivity index (χ3v) is 6.04. The van der Waals surface area contributed by atoms with Gasteiger partial charge in [-0.2, -0.15) is 0 Å². The van der Waals surface area contributed by atoms with Gasteiger partial charge in [-0.25, -0.2) is 0 Å². The summed E-state index contributed by atoms with van der Waals surface area (Å²) in [5, 5.41) is 10.9. The monoisotopic (exact) mass is 348 g/mol. The van der Waals surface area contributed by atoms with E-state index in [1.54, 1.807) is 0 Å². The summed E-state index contributed by atoms with van der Waals surface area (Å²) in [6.45, 7) is 7.54. The third-order valence-electron chi connectivity index (χ3n) is 6.04. The van der Waals surface area contributed by atoms with Gasteiger partial charge in [-0.3, -0.25) is 4.79 Å². The Hall–Kier alpha value is -1.39. The second-order valence-corrected chi connectivity index (χ2v) is 7.57. The van der Waals surface area contributed by atoms with E-state index in [9.17, 15) is 9.90 Å². The molecule has 1 aromatic rings. The van der Waals surface area contributed by atoms with E-state index in [1.165, 1.54) is 0 Å². The minimum absolute atomic E-state index is 0.199. The van der Waals surface area contributed by atoms with E-state index in [1.807, 2.05) is 30.3 Å². The zero-order chi connectivity index (χ0) is 18.3. The number of quaternary nitrogens is 1. The summed E-state index contributed by atoms with van der Waals surface area (Å²) in [7, 11) is 2.18. The Kier molecular flexibility index (Phi) is 7.45. The molecule has 1 saturated carbocycles. The van der Waals surface area contributed by atoms with E-state index >= 15 is 0 Å². The molecule has 1 aliphatic rings. The quantitative estimate of drug-likeness (QED) is 0.550. The predicted molar refractivity (Wildman–Crippen MR) is 100 cm³/mol. The van der Waals surface area contributed by atoms with Gasteiger partial charge < -0.3 is 14.3 Å². The number of likely N-dealkylation sites (N-methyl/N-ethyl adjacent to an activating group) is 1. The second-order valence-electron chi connectivity index (χ2n) is 7.57. The largest absolute Gasteiger partial charge is 0.459 e. The smallest absolute Gasteiger partial charge is 0.316 e. The highest BCUT2D eigenvalue weighted by molar-refractivity contribution is 5.79. The topological polar surface area (TPSA) is 46.5 Å². The maximum atomic E-state index is 12.8. The fourth-order valence-electron chi connectivity index (χ4n) is 3.70. The minimum atomic E-state index is -0.657. The number of esters is 1. The summed E-state index contributed by atoms with van der Waals surface area (Å²) in [5.41, 5.74) is 0.857. The number of rotatable bonds is 9. The van der Waals surface area contributed by atoms with Gasteiger partial charge in [0.25, 0.3) is 0 Å². The van der Waals surface area contributed by atoms with Crippen LogP contribution in [0, 0.1) is 5.92 Å². The first kappa shape index (κ1) is 19.9. The van der Waals surface area contributed by atoms with Gasteiger partial charge >= 0.3 is 5.97 Å². The number of nitrogens with zero attached hydrogens (tertiary/aromatic N) is 1. The Morgan fingerprint density at radius 3 is 2.36 bits per heavy atom. The number of hydrogen-bond acceptors (Lipinski definition) is 3. The van der Waals surface area contributed by atoms with Gasteiger partial charge in [-0.15, -0.1) is 0 Å². The number of aliphatic hydroxyl groups excluding tert-OH is 1. The van der Waals surface area contributed by atoms with Gasteiger partial charge in [0, 0.05) is 0 Å². The molecule has 4 nitrogen and oxygen atoms in total. The highest BCUT2D eigenvalue weighted by Gasteiger charge is 2.36. The van der Waals surface area contributed by atoms with Gasteiger partial charge in [-0.05, 0) is 38.2 Å². The summed E-state index contributed by atoms with van der Waals surface area (Å²) in [5.74, 6) is -0.666. The maximum absolute atomic E-state index is 12.8. The number of carbonyl (C=O) groups excluding carboxylic acids is 1. The zero-order valence-electron chi connectivity index (χ0n) is 16.0. The van der Waals surface area contributed by atoms with E-state index < -0.39 is 12.0 Å². The van der Waals surface area contributed by atoms with Crippen molar-refractivity contribution < 1.29 is 19.1 Å². The third kappa shape index (κ3) is 5.29. The molecule has 1 fully saturated rings. The summed E-state index contributed by atoms with van der Waals surface area (Å²) in [4.78, 5) is 12.8. The Labute approximate surface area is 152 Å². The number of carbonyl (C=O) groups is 1.